The number of carbonyl (C=O) groups is 2. The van der Waals surface area contributed by atoms with Crippen molar-refractivity contribution in [3.05, 3.63) is 23.0 Å². The van der Waals surface area contributed by atoms with Gasteiger partial charge in [-0.15, -0.1) is 0 Å². The largest absolute Gasteiger partial charge is 0.477 e. The van der Waals surface area contributed by atoms with Gasteiger partial charge in [0.1, 0.15) is 5.69 Å². The molecule has 0 spiro atoms. The van der Waals surface area contributed by atoms with Crippen molar-refractivity contribution in [2.24, 2.45) is 7.05 Å². The lowest BCUT2D eigenvalue weighted by molar-refractivity contribution is -0.139. The Morgan fingerprint density at radius 2 is 1.63 bits per heavy atom. The average molecular weight is 289 g/mol. The van der Waals surface area contributed by atoms with Gasteiger partial charge in [-0.2, -0.15) is 26.3 Å². The molecule has 4 nitrogen and oxygen atoms in total. The van der Waals surface area contributed by atoms with Gasteiger partial charge in [0, 0.05) is 13.2 Å². The number of carboxylic acid groups (broad SMARTS) is 1. The molecule has 0 saturated heterocycles. The number of carboxylic acids is 1. The van der Waals surface area contributed by atoms with Crippen LogP contribution in [0.1, 0.15) is 26.4 Å². The highest BCUT2D eigenvalue weighted by atomic mass is 19.4. The molecule has 0 aromatic carbocycles. The van der Waals surface area contributed by atoms with E-state index in [9.17, 15) is 35.9 Å². The molecule has 1 rings (SSSR count). The van der Waals surface area contributed by atoms with Gasteiger partial charge in [0.25, 0.3) is 5.78 Å². The van der Waals surface area contributed by atoms with Gasteiger partial charge in [0.15, 0.2) is 0 Å². The van der Waals surface area contributed by atoms with Crippen molar-refractivity contribution in [2.75, 3.05) is 0 Å². The Labute approximate surface area is 101 Å². The molecule has 0 aliphatic heterocycles. The van der Waals surface area contributed by atoms with E-state index in [0.29, 0.717) is 4.57 Å². The maximum absolute atomic E-state index is 12.6. The fourth-order valence-corrected chi connectivity index (χ4v) is 1.50. The predicted molar refractivity (Wildman–Crippen MR) is 47.8 cm³/mol. The molecular formula is C9H5F6NO3. The number of Topliss-reactive ketones (excluding diaryl/α,β-unsaturated/α-hetero) is 1. The lowest BCUT2D eigenvalue weighted by Gasteiger charge is -2.10. The van der Waals surface area contributed by atoms with Crippen molar-refractivity contribution in [3.63, 3.8) is 0 Å². The first-order chi connectivity index (χ1) is 8.37. The van der Waals surface area contributed by atoms with Crippen molar-refractivity contribution < 1.29 is 41.0 Å². The minimum Gasteiger partial charge on any atom is -0.477 e. The fraction of sp³-hybridized carbons (Fsp3) is 0.333. The molecule has 1 aromatic heterocycles. The third-order valence-electron chi connectivity index (χ3n) is 2.17. The standard InChI is InChI=1S/C9H5F6NO3/c1-16-2-3(6(17)9(13,14)15)4(8(10,11)12)5(16)7(18)19/h2H,1H3,(H,18,19). The lowest BCUT2D eigenvalue weighted by atomic mass is 10.1. The molecule has 1 heterocycles. The van der Waals surface area contributed by atoms with Crippen LogP contribution in [0.4, 0.5) is 26.3 Å². The molecule has 0 radical (unpaired) electrons. The van der Waals surface area contributed by atoms with Gasteiger partial charge in [-0.25, -0.2) is 4.79 Å². The molecular weight excluding hydrogens is 284 g/mol. The van der Waals surface area contributed by atoms with Gasteiger partial charge < -0.3 is 9.67 Å². The number of ketones is 1. The van der Waals surface area contributed by atoms with Gasteiger partial charge >= 0.3 is 18.3 Å². The number of aromatic carboxylic acids is 1. The second-order valence-electron chi connectivity index (χ2n) is 3.51. The van der Waals surface area contributed by atoms with Gasteiger partial charge in [-0.05, 0) is 0 Å². The van der Waals surface area contributed by atoms with Crippen molar-refractivity contribution >= 4 is 11.8 Å². The molecule has 0 aliphatic carbocycles. The zero-order chi connectivity index (χ0) is 15.2. The molecule has 10 heteroatoms. The topological polar surface area (TPSA) is 59.3 Å². The van der Waals surface area contributed by atoms with Gasteiger partial charge in [0.2, 0.25) is 0 Å². The van der Waals surface area contributed by atoms with Crippen molar-refractivity contribution in [1.82, 2.24) is 4.57 Å². The van der Waals surface area contributed by atoms with Crippen molar-refractivity contribution in [3.8, 4) is 0 Å². The number of alkyl halides is 6. The van der Waals surface area contributed by atoms with Gasteiger partial charge in [0.05, 0.1) is 11.1 Å². The van der Waals surface area contributed by atoms with Crippen LogP contribution in [-0.2, 0) is 13.2 Å². The van der Waals surface area contributed by atoms with Gasteiger partial charge in [-0.3, -0.25) is 4.79 Å². The molecule has 106 valence electrons. The highest BCUT2D eigenvalue weighted by molar-refractivity contribution is 6.04. The van der Waals surface area contributed by atoms with Gasteiger partial charge in [-0.1, -0.05) is 0 Å². The molecule has 0 unspecified atom stereocenters. The molecule has 0 atom stereocenters. The van der Waals surface area contributed by atoms with Crippen molar-refractivity contribution in [2.45, 2.75) is 12.4 Å². The smallest absolute Gasteiger partial charge is 0.454 e. The molecule has 0 bridgehead atoms. The van der Waals surface area contributed by atoms with Crippen LogP contribution in [0.15, 0.2) is 6.20 Å². The Morgan fingerprint density at radius 3 is 1.95 bits per heavy atom. The summed E-state index contributed by atoms with van der Waals surface area (Å²) in [6, 6.07) is 0. The van der Waals surface area contributed by atoms with Crippen LogP contribution in [0.2, 0.25) is 0 Å². The minimum atomic E-state index is -5.53. The first-order valence-electron chi connectivity index (χ1n) is 4.48. The van der Waals surface area contributed by atoms with Crippen LogP contribution in [0.5, 0.6) is 0 Å². The molecule has 19 heavy (non-hydrogen) atoms. The Morgan fingerprint density at radius 1 is 1.16 bits per heavy atom. The second-order valence-corrected chi connectivity index (χ2v) is 3.51. The number of aromatic nitrogens is 1. The van der Waals surface area contributed by atoms with E-state index >= 15 is 0 Å². The normalized spacial score (nSPS) is 12.6. The lowest BCUT2D eigenvalue weighted by Crippen LogP contribution is -2.25. The maximum Gasteiger partial charge on any atom is 0.454 e. The molecule has 1 aromatic rings. The first-order valence-corrected chi connectivity index (χ1v) is 4.48. The maximum atomic E-state index is 12.6. The summed E-state index contributed by atoms with van der Waals surface area (Å²) in [6.45, 7) is 0. The van der Waals surface area contributed by atoms with Crippen LogP contribution in [0.3, 0.4) is 0 Å². The number of halogens is 6. The Hall–Kier alpha value is -2.00. The highest BCUT2D eigenvalue weighted by Gasteiger charge is 2.48. The van der Waals surface area contributed by atoms with E-state index in [1.165, 1.54) is 0 Å². The van der Waals surface area contributed by atoms with Crippen LogP contribution < -0.4 is 0 Å². The number of rotatable bonds is 2. The first kappa shape index (κ1) is 15.1. The zero-order valence-corrected chi connectivity index (χ0v) is 9.06. The predicted octanol–water partition coefficient (Wildman–Crippen LogP) is 2.49. The Balaban J connectivity index is 3.64. The molecule has 0 fully saturated rings. The summed E-state index contributed by atoms with van der Waals surface area (Å²) in [5.74, 6) is -4.83. The van der Waals surface area contributed by atoms with E-state index in [1.54, 1.807) is 0 Å². The molecule has 0 amide bonds. The number of carbonyl (C=O) groups excluding carboxylic acids is 1. The summed E-state index contributed by atoms with van der Waals surface area (Å²) >= 11 is 0. The number of nitrogens with zero attached hydrogens (tertiary/aromatic N) is 1. The zero-order valence-electron chi connectivity index (χ0n) is 9.06. The monoisotopic (exact) mass is 289 g/mol. The Bertz CT molecular complexity index is 539. The van der Waals surface area contributed by atoms with E-state index in [0.717, 1.165) is 7.05 Å². The molecule has 0 saturated carbocycles. The summed E-state index contributed by atoms with van der Waals surface area (Å²) in [5.41, 5.74) is -5.27. The summed E-state index contributed by atoms with van der Waals surface area (Å²) in [5, 5.41) is 8.59. The molecule has 1 N–H and O–H groups in total. The third-order valence-corrected chi connectivity index (χ3v) is 2.17. The van der Waals surface area contributed by atoms with Crippen LogP contribution in [0, 0.1) is 0 Å². The van der Waals surface area contributed by atoms with E-state index in [4.69, 9.17) is 5.11 Å². The van der Waals surface area contributed by atoms with E-state index in [-0.39, 0.29) is 6.20 Å². The second kappa shape index (κ2) is 4.28. The number of hydrogen-bond donors (Lipinski definition) is 1. The average Bonchev–Trinajstić information content (AvgIpc) is 2.52. The quantitative estimate of drug-likeness (QED) is 0.672. The van der Waals surface area contributed by atoms with E-state index < -0.39 is 40.9 Å². The van der Waals surface area contributed by atoms with Crippen LogP contribution in [0.25, 0.3) is 0 Å². The summed E-state index contributed by atoms with van der Waals surface area (Å²) < 4.78 is 74.7. The summed E-state index contributed by atoms with van der Waals surface area (Å²) in [7, 11) is 0.797. The van der Waals surface area contributed by atoms with Crippen LogP contribution in [-0.4, -0.2) is 27.6 Å². The highest BCUT2D eigenvalue weighted by Crippen LogP contribution is 2.38. The SMILES string of the molecule is Cn1cc(C(=O)C(F)(F)F)c(C(F)(F)F)c1C(=O)O. The molecule has 0 aliphatic rings. The van der Waals surface area contributed by atoms with E-state index in [1.807, 2.05) is 0 Å². The number of hydrogen-bond acceptors (Lipinski definition) is 2. The summed E-state index contributed by atoms with van der Waals surface area (Å²) in [6.07, 6.45) is -10.7. The van der Waals surface area contributed by atoms with Crippen LogP contribution >= 0.6 is 0 Å². The van der Waals surface area contributed by atoms with E-state index in [2.05, 4.69) is 0 Å². The van der Waals surface area contributed by atoms with Crippen molar-refractivity contribution in [1.29, 1.82) is 0 Å². The third kappa shape index (κ3) is 2.71. The number of aryl methyl sites for hydroxylation is 1. The summed E-state index contributed by atoms with van der Waals surface area (Å²) in [4.78, 5) is 21.6. The fourth-order valence-electron chi connectivity index (χ4n) is 1.50. The minimum absolute atomic E-state index is 0.197. The Kier molecular flexibility index (Phi) is 3.39.